The van der Waals surface area contributed by atoms with Crippen LogP contribution in [0, 0.1) is 0 Å². The summed E-state index contributed by atoms with van der Waals surface area (Å²) in [4.78, 5) is 0. The van der Waals surface area contributed by atoms with E-state index in [-0.39, 0.29) is 0 Å². The van der Waals surface area contributed by atoms with Crippen LogP contribution in [0.3, 0.4) is 0 Å². The lowest BCUT2D eigenvalue weighted by Gasteiger charge is -2.18. The Balaban J connectivity index is 0. The van der Waals surface area contributed by atoms with Gasteiger partial charge < -0.3 is 5.01 Å². The fraction of sp³-hybridized carbons (Fsp3) is 0.900. The van der Waals surface area contributed by atoms with Gasteiger partial charge in [0.05, 0.1) is 0 Å². The quantitative estimate of drug-likeness (QED) is 0.548. The molecule has 0 fully saturated rings. The summed E-state index contributed by atoms with van der Waals surface area (Å²) in [6, 6.07) is 0. The molecule has 0 atom stereocenters. The molecular weight excluding hydrogens is 148 g/mol. The Hall–Kier alpha value is -0.530. The second kappa shape index (κ2) is 10.5. The monoisotopic (exact) mass is 172 g/mol. The van der Waals surface area contributed by atoms with E-state index in [0.717, 1.165) is 6.54 Å². The van der Waals surface area contributed by atoms with Crippen LogP contribution in [0.15, 0.2) is 5.10 Å². The predicted molar refractivity (Wildman–Crippen MR) is 57.7 cm³/mol. The first-order valence-corrected chi connectivity index (χ1v) is 5.04. The van der Waals surface area contributed by atoms with Crippen LogP contribution in [0.1, 0.15) is 47.5 Å². The van der Waals surface area contributed by atoms with Crippen molar-refractivity contribution >= 4 is 5.71 Å². The zero-order chi connectivity index (χ0) is 9.98. The van der Waals surface area contributed by atoms with E-state index in [1.54, 1.807) is 0 Å². The van der Waals surface area contributed by atoms with Crippen LogP contribution in [0.25, 0.3) is 0 Å². The number of hydrogen-bond donors (Lipinski definition) is 0. The zero-order valence-corrected chi connectivity index (χ0v) is 9.52. The second-order valence-electron chi connectivity index (χ2n) is 2.32. The van der Waals surface area contributed by atoms with Crippen LogP contribution < -0.4 is 0 Å². The molecule has 1 rings (SSSR count). The molecule has 0 N–H and O–H groups in total. The number of hydrazone groups is 1. The van der Waals surface area contributed by atoms with Crippen molar-refractivity contribution in [1.82, 2.24) is 5.01 Å². The summed E-state index contributed by atoms with van der Waals surface area (Å²) < 4.78 is 0. The maximum Gasteiger partial charge on any atom is 0.0360 e. The van der Waals surface area contributed by atoms with E-state index in [2.05, 4.69) is 12.0 Å². The van der Waals surface area contributed by atoms with Crippen LogP contribution in [0.4, 0.5) is 0 Å². The smallest absolute Gasteiger partial charge is 0.0360 e. The van der Waals surface area contributed by atoms with Gasteiger partial charge >= 0.3 is 0 Å². The molecule has 2 nitrogen and oxygen atoms in total. The zero-order valence-electron chi connectivity index (χ0n) is 9.52. The normalized spacial score (nSPS) is 14.8. The van der Waals surface area contributed by atoms with Crippen LogP contribution in [0.5, 0.6) is 0 Å². The van der Waals surface area contributed by atoms with Gasteiger partial charge in [0.15, 0.2) is 0 Å². The molecule has 74 valence electrons. The lowest BCUT2D eigenvalue weighted by molar-refractivity contribution is 0.334. The molecule has 1 aliphatic heterocycles. The van der Waals surface area contributed by atoms with Gasteiger partial charge in [-0.1, -0.05) is 27.7 Å². The lowest BCUT2D eigenvalue weighted by Crippen LogP contribution is -2.20. The molecule has 0 radical (unpaired) electrons. The number of nitrogens with zero attached hydrogens (tertiary/aromatic N) is 2. The van der Waals surface area contributed by atoms with Gasteiger partial charge in [-0.2, -0.15) is 5.10 Å². The van der Waals surface area contributed by atoms with Gasteiger partial charge in [-0.3, -0.25) is 0 Å². The summed E-state index contributed by atoms with van der Waals surface area (Å²) in [5.74, 6) is 0. The molecule has 0 saturated carbocycles. The van der Waals surface area contributed by atoms with Crippen LogP contribution in [-0.2, 0) is 0 Å². The summed E-state index contributed by atoms with van der Waals surface area (Å²) in [5.41, 5.74) is 1.26. The van der Waals surface area contributed by atoms with Gasteiger partial charge in [0.1, 0.15) is 0 Å². The molecule has 1 heterocycles. The van der Waals surface area contributed by atoms with Crippen molar-refractivity contribution in [2.75, 3.05) is 13.6 Å². The third kappa shape index (κ3) is 7.58. The maximum atomic E-state index is 4.23. The molecule has 0 aromatic heterocycles. The fourth-order valence-corrected chi connectivity index (χ4v) is 0.955. The summed E-state index contributed by atoms with van der Waals surface area (Å²) in [6.07, 6.45) is 2.45. The maximum absolute atomic E-state index is 4.23. The fourth-order valence-electron chi connectivity index (χ4n) is 0.955. The van der Waals surface area contributed by atoms with Gasteiger partial charge in [0.25, 0.3) is 0 Å². The highest BCUT2D eigenvalue weighted by Crippen LogP contribution is 2.02. The van der Waals surface area contributed by atoms with Crippen LogP contribution in [-0.4, -0.2) is 24.3 Å². The molecule has 0 unspecified atom stereocenters. The average molecular weight is 172 g/mol. The summed E-state index contributed by atoms with van der Waals surface area (Å²) >= 11 is 0. The Morgan fingerprint density at radius 3 is 1.92 bits per heavy atom. The summed E-state index contributed by atoms with van der Waals surface area (Å²) in [7, 11) is 2.02. The van der Waals surface area contributed by atoms with Crippen molar-refractivity contribution in [3.05, 3.63) is 0 Å². The predicted octanol–water partition coefficient (Wildman–Crippen LogP) is 3.14. The Kier molecular flexibility index (Phi) is 12.2. The highest BCUT2D eigenvalue weighted by molar-refractivity contribution is 5.81. The van der Waals surface area contributed by atoms with Crippen molar-refractivity contribution in [2.45, 2.75) is 47.5 Å². The standard InChI is InChI=1S/C6H12N2.2C2H6/c1-6-4-3-5-8(2)7-6;2*1-2/h3-5H2,1-2H3;2*1-2H3. The van der Waals surface area contributed by atoms with Crippen molar-refractivity contribution in [2.24, 2.45) is 5.10 Å². The van der Waals surface area contributed by atoms with Crippen molar-refractivity contribution in [3.8, 4) is 0 Å². The lowest BCUT2D eigenvalue weighted by atomic mass is 10.2. The van der Waals surface area contributed by atoms with Gasteiger partial charge in [0, 0.05) is 19.3 Å². The van der Waals surface area contributed by atoms with Gasteiger partial charge in [-0.05, 0) is 19.8 Å². The van der Waals surface area contributed by atoms with E-state index in [1.165, 1.54) is 18.6 Å². The largest absolute Gasteiger partial charge is 0.300 e. The van der Waals surface area contributed by atoms with Crippen molar-refractivity contribution in [3.63, 3.8) is 0 Å². The minimum absolute atomic E-state index is 1.12. The second-order valence-corrected chi connectivity index (χ2v) is 2.32. The minimum atomic E-state index is 1.12. The first-order chi connectivity index (χ1) is 5.79. The third-order valence-corrected chi connectivity index (χ3v) is 1.36. The summed E-state index contributed by atoms with van der Waals surface area (Å²) in [5, 5.41) is 6.23. The third-order valence-electron chi connectivity index (χ3n) is 1.36. The Bertz CT molecular complexity index is 108. The Labute approximate surface area is 77.7 Å². The van der Waals surface area contributed by atoms with Crippen molar-refractivity contribution in [1.29, 1.82) is 0 Å². The van der Waals surface area contributed by atoms with E-state index < -0.39 is 0 Å². The van der Waals surface area contributed by atoms with Crippen molar-refractivity contribution < 1.29 is 0 Å². The molecule has 12 heavy (non-hydrogen) atoms. The molecule has 0 aliphatic carbocycles. The van der Waals surface area contributed by atoms with Gasteiger partial charge in [0.2, 0.25) is 0 Å². The molecule has 0 amide bonds. The molecule has 0 aromatic rings. The molecule has 2 heteroatoms. The van der Waals surface area contributed by atoms with E-state index >= 15 is 0 Å². The topological polar surface area (TPSA) is 15.6 Å². The molecular formula is C10H24N2. The Morgan fingerprint density at radius 1 is 1.17 bits per heavy atom. The first kappa shape index (κ1) is 14.0. The van der Waals surface area contributed by atoms with E-state index in [1.807, 2.05) is 39.8 Å². The highest BCUT2D eigenvalue weighted by Gasteiger charge is 2.02. The molecule has 1 aliphatic rings. The molecule has 0 bridgehead atoms. The van der Waals surface area contributed by atoms with Crippen LogP contribution in [0.2, 0.25) is 0 Å². The minimum Gasteiger partial charge on any atom is -0.300 e. The van der Waals surface area contributed by atoms with Gasteiger partial charge in [-0.25, -0.2) is 0 Å². The Morgan fingerprint density at radius 2 is 1.67 bits per heavy atom. The highest BCUT2D eigenvalue weighted by atomic mass is 15.4. The molecule has 0 spiro atoms. The van der Waals surface area contributed by atoms with E-state index in [4.69, 9.17) is 0 Å². The molecule has 0 aromatic carbocycles. The average Bonchev–Trinajstić information content (AvgIpc) is 2.11. The van der Waals surface area contributed by atoms with Gasteiger partial charge in [-0.15, -0.1) is 0 Å². The van der Waals surface area contributed by atoms with E-state index in [9.17, 15) is 0 Å². The number of rotatable bonds is 0. The summed E-state index contributed by atoms with van der Waals surface area (Å²) in [6.45, 7) is 11.2. The van der Waals surface area contributed by atoms with E-state index in [0.29, 0.717) is 0 Å². The molecule has 0 saturated heterocycles. The van der Waals surface area contributed by atoms with Crippen LogP contribution >= 0.6 is 0 Å². The number of hydrogen-bond acceptors (Lipinski definition) is 2. The SMILES string of the molecule is CC.CC.CC1=NN(C)CCC1. The first-order valence-electron chi connectivity index (χ1n) is 5.04.